The second-order valence-corrected chi connectivity index (χ2v) is 10.9. The van der Waals surface area contributed by atoms with Gasteiger partial charge in [-0.3, -0.25) is 9.59 Å². The molecule has 1 aromatic heterocycles. The van der Waals surface area contributed by atoms with Gasteiger partial charge in [0.05, 0.1) is 23.8 Å². The van der Waals surface area contributed by atoms with Gasteiger partial charge >= 0.3 is 5.97 Å². The van der Waals surface area contributed by atoms with E-state index in [0.29, 0.717) is 30.5 Å². The summed E-state index contributed by atoms with van der Waals surface area (Å²) >= 11 is 6.56. The molecule has 6 rings (SSSR count). The summed E-state index contributed by atoms with van der Waals surface area (Å²) in [4.78, 5) is 25.0. The van der Waals surface area contributed by atoms with Crippen LogP contribution >= 0.6 is 11.6 Å². The van der Waals surface area contributed by atoms with E-state index in [1.165, 1.54) is 5.56 Å². The monoisotopic (exact) mass is 455 g/mol. The second kappa shape index (κ2) is 7.91. The number of aliphatic carboxylic acids is 1. The first kappa shape index (κ1) is 21.5. The van der Waals surface area contributed by atoms with Gasteiger partial charge in [0, 0.05) is 6.54 Å². The standard InChI is InChI=1S/C25H30ClN3O3/c1-16(19-5-3-2-4-6-19)13-27-20-14-28-29(23(32)22(20)26)25-10-17-7-18(11-25)9-24(8-17,15-25)12-21(30)31/h2-6,14,16-18,27H,7-13,15H2,1H3,(H,30,31)/t16-,17-,18+,24?,25?/m1/s1. The summed E-state index contributed by atoms with van der Waals surface area (Å²) in [5.41, 5.74) is 0.883. The van der Waals surface area contributed by atoms with E-state index in [4.69, 9.17) is 11.6 Å². The molecule has 170 valence electrons. The van der Waals surface area contributed by atoms with Crippen molar-refractivity contribution in [1.29, 1.82) is 0 Å². The van der Waals surface area contributed by atoms with Crippen molar-refractivity contribution in [3.63, 3.8) is 0 Å². The highest BCUT2D eigenvalue weighted by Crippen LogP contribution is 2.65. The van der Waals surface area contributed by atoms with Gasteiger partial charge in [0.1, 0.15) is 5.02 Å². The highest BCUT2D eigenvalue weighted by atomic mass is 35.5. The molecule has 4 aliphatic rings. The van der Waals surface area contributed by atoms with Crippen molar-refractivity contribution in [2.45, 2.75) is 63.3 Å². The minimum atomic E-state index is -0.743. The van der Waals surface area contributed by atoms with Crippen molar-refractivity contribution in [3.8, 4) is 0 Å². The van der Waals surface area contributed by atoms with Crippen LogP contribution in [0.25, 0.3) is 0 Å². The summed E-state index contributed by atoms with van der Waals surface area (Å²) in [6.07, 6.45) is 7.40. The van der Waals surface area contributed by atoms with Crippen molar-refractivity contribution in [2.75, 3.05) is 11.9 Å². The molecular weight excluding hydrogens is 426 g/mol. The van der Waals surface area contributed by atoms with Crippen molar-refractivity contribution in [2.24, 2.45) is 17.3 Å². The maximum Gasteiger partial charge on any atom is 0.303 e. The number of anilines is 1. The van der Waals surface area contributed by atoms with Gasteiger partial charge in [0.25, 0.3) is 5.56 Å². The predicted molar refractivity (Wildman–Crippen MR) is 124 cm³/mol. The lowest BCUT2D eigenvalue weighted by Crippen LogP contribution is -2.59. The molecule has 32 heavy (non-hydrogen) atoms. The minimum Gasteiger partial charge on any atom is -0.481 e. The zero-order chi connectivity index (χ0) is 22.5. The van der Waals surface area contributed by atoms with Crippen molar-refractivity contribution >= 4 is 23.3 Å². The SMILES string of the molecule is C[C@H](CNc1cnn(C23C[C@@H]4C[C@@H](CC(CC(=O)O)(C4)C2)C3)c(=O)c1Cl)c1ccccc1. The van der Waals surface area contributed by atoms with Gasteiger partial charge in [0.15, 0.2) is 0 Å². The summed E-state index contributed by atoms with van der Waals surface area (Å²) in [5.74, 6) is 0.446. The fourth-order valence-electron chi connectivity index (χ4n) is 7.23. The Bertz CT molecular complexity index is 1070. The molecule has 2 N–H and O–H groups in total. The summed E-state index contributed by atoms with van der Waals surface area (Å²) < 4.78 is 1.61. The molecule has 4 bridgehead atoms. The van der Waals surface area contributed by atoms with E-state index in [2.05, 4.69) is 29.5 Å². The van der Waals surface area contributed by atoms with Crippen LogP contribution in [0.5, 0.6) is 0 Å². The first-order valence-corrected chi connectivity index (χ1v) is 12.0. The van der Waals surface area contributed by atoms with E-state index in [1.807, 2.05) is 18.2 Å². The molecule has 0 radical (unpaired) electrons. The zero-order valence-corrected chi connectivity index (χ0v) is 19.1. The van der Waals surface area contributed by atoms with Gasteiger partial charge in [-0.25, -0.2) is 4.68 Å². The van der Waals surface area contributed by atoms with Crippen molar-refractivity contribution in [3.05, 3.63) is 57.5 Å². The summed E-state index contributed by atoms with van der Waals surface area (Å²) in [7, 11) is 0. The molecule has 4 aliphatic carbocycles. The number of halogens is 1. The van der Waals surface area contributed by atoms with Gasteiger partial charge < -0.3 is 10.4 Å². The van der Waals surface area contributed by atoms with Gasteiger partial charge in [-0.05, 0) is 67.3 Å². The second-order valence-electron chi connectivity index (χ2n) is 10.5. The van der Waals surface area contributed by atoms with Gasteiger partial charge in [-0.15, -0.1) is 0 Å². The van der Waals surface area contributed by atoms with Crippen LogP contribution in [0.1, 0.15) is 63.4 Å². The van der Waals surface area contributed by atoms with Crippen LogP contribution in [0.4, 0.5) is 5.69 Å². The number of hydrogen-bond acceptors (Lipinski definition) is 4. The summed E-state index contributed by atoms with van der Waals surface area (Å²) in [5, 5.41) is 17.6. The van der Waals surface area contributed by atoms with Crippen molar-refractivity contribution in [1.82, 2.24) is 9.78 Å². The molecule has 1 aromatic carbocycles. The van der Waals surface area contributed by atoms with Gasteiger partial charge in [0.2, 0.25) is 0 Å². The molecule has 0 spiro atoms. The molecule has 0 aliphatic heterocycles. The average Bonchev–Trinajstić information content (AvgIpc) is 2.73. The number of hydrogen-bond donors (Lipinski definition) is 2. The Labute approximate surface area is 193 Å². The van der Waals surface area contributed by atoms with Gasteiger partial charge in [-0.1, -0.05) is 48.9 Å². The molecule has 0 amide bonds. The molecule has 6 nitrogen and oxygen atoms in total. The Balaban J connectivity index is 1.40. The molecule has 0 saturated heterocycles. The highest BCUT2D eigenvalue weighted by Gasteiger charge is 2.59. The third-order valence-corrected chi connectivity index (χ3v) is 8.38. The number of aromatic nitrogens is 2. The Morgan fingerprint density at radius 1 is 1.25 bits per heavy atom. The molecule has 2 aromatic rings. The molecule has 4 saturated carbocycles. The largest absolute Gasteiger partial charge is 0.481 e. The Kier molecular flexibility index (Phi) is 5.31. The number of rotatable bonds is 7. The lowest BCUT2D eigenvalue weighted by Gasteiger charge is -2.61. The number of benzene rings is 1. The number of carboxylic acid groups (broad SMARTS) is 1. The van der Waals surface area contributed by atoms with E-state index in [1.54, 1.807) is 10.9 Å². The fourth-order valence-corrected chi connectivity index (χ4v) is 7.43. The number of carbonyl (C=O) groups is 1. The lowest BCUT2D eigenvalue weighted by molar-refractivity contribution is -0.151. The third kappa shape index (κ3) is 3.72. The van der Waals surface area contributed by atoms with E-state index in [0.717, 1.165) is 32.1 Å². The number of nitrogens with zero attached hydrogens (tertiary/aromatic N) is 2. The first-order chi connectivity index (χ1) is 15.3. The Hall–Kier alpha value is -2.34. The smallest absolute Gasteiger partial charge is 0.303 e. The van der Waals surface area contributed by atoms with Gasteiger partial charge in [-0.2, -0.15) is 5.10 Å². The maximum absolute atomic E-state index is 13.4. The van der Waals surface area contributed by atoms with Crippen LogP contribution in [0.3, 0.4) is 0 Å². The van der Waals surface area contributed by atoms with Crippen molar-refractivity contribution < 1.29 is 9.90 Å². The fraction of sp³-hybridized carbons (Fsp3) is 0.560. The Morgan fingerprint density at radius 2 is 1.94 bits per heavy atom. The van der Waals surface area contributed by atoms with E-state index < -0.39 is 11.5 Å². The van der Waals surface area contributed by atoms with Crippen LogP contribution in [0, 0.1) is 17.3 Å². The summed E-state index contributed by atoms with van der Waals surface area (Å²) in [6, 6.07) is 10.2. The normalized spacial score (nSPS) is 31.4. The number of carboxylic acids is 1. The van der Waals surface area contributed by atoms with E-state index in [-0.39, 0.29) is 28.3 Å². The predicted octanol–water partition coefficient (Wildman–Crippen LogP) is 4.88. The van der Waals surface area contributed by atoms with E-state index >= 15 is 0 Å². The highest BCUT2D eigenvalue weighted by molar-refractivity contribution is 6.32. The molecular formula is C25H30ClN3O3. The Morgan fingerprint density at radius 3 is 2.59 bits per heavy atom. The molecule has 2 unspecified atom stereocenters. The van der Waals surface area contributed by atoms with Crippen LogP contribution in [-0.4, -0.2) is 27.4 Å². The summed E-state index contributed by atoms with van der Waals surface area (Å²) in [6.45, 7) is 2.77. The molecule has 7 heteroatoms. The van der Waals surface area contributed by atoms with Crippen LogP contribution in [0.15, 0.2) is 41.3 Å². The zero-order valence-electron chi connectivity index (χ0n) is 18.4. The van der Waals surface area contributed by atoms with Crippen LogP contribution in [0.2, 0.25) is 5.02 Å². The molecule has 1 heterocycles. The first-order valence-electron chi connectivity index (χ1n) is 11.6. The van der Waals surface area contributed by atoms with E-state index in [9.17, 15) is 14.7 Å². The van der Waals surface area contributed by atoms with Crippen LogP contribution in [-0.2, 0) is 10.3 Å². The lowest BCUT2D eigenvalue weighted by atomic mass is 9.46. The third-order valence-electron chi connectivity index (χ3n) is 8.01. The quantitative estimate of drug-likeness (QED) is 0.621. The topological polar surface area (TPSA) is 84.2 Å². The maximum atomic E-state index is 13.4. The average molecular weight is 456 g/mol. The number of nitrogens with one attached hydrogen (secondary N) is 1. The molecule has 5 atom stereocenters. The van der Waals surface area contributed by atoms with Crippen LogP contribution < -0.4 is 10.9 Å². The minimum absolute atomic E-state index is 0.170. The molecule has 4 fully saturated rings.